The van der Waals surface area contributed by atoms with E-state index in [1.165, 1.54) is 5.56 Å². The lowest BCUT2D eigenvalue weighted by Gasteiger charge is -2.23. The van der Waals surface area contributed by atoms with Gasteiger partial charge in [-0.2, -0.15) is 0 Å². The quantitative estimate of drug-likeness (QED) is 0.347. The molecule has 0 radical (unpaired) electrons. The summed E-state index contributed by atoms with van der Waals surface area (Å²) < 4.78 is 9.87. The molecular weight excluding hydrogens is 464 g/mol. The van der Waals surface area contributed by atoms with Gasteiger partial charge in [0.25, 0.3) is 0 Å². The van der Waals surface area contributed by atoms with Crippen LogP contribution in [0, 0.1) is 6.92 Å². The maximum absolute atomic E-state index is 5.61. The average Bonchev–Trinajstić information content (AvgIpc) is 3.49. The topological polar surface area (TPSA) is 95.0 Å². The Morgan fingerprint density at radius 1 is 1.03 bits per heavy atom. The van der Waals surface area contributed by atoms with E-state index in [0.29, 0.717) is 17.4 Å². The van der Waals surface area contributed by atoms with Gasteiger partial charge >= 0.3 is 0 Å². The molecule has 0 aliphatic carbocycles. The van der Waals surface area contributed by atoms with Gasteiger partial charge in [-0.3, -0.25) is 9.38 Å². The van der Waals surface area contributed by atoms with Crippen LogP contribution in [0.5, 0.6) is 0 Å². The van der Waals surface area contributed by atoms with Crippen molar-refractivity contribution in [1.29, 1.82) is 0 Å². The molecule has 6 rings (SSSR count). The van der Waals surface area contributed by atoms with Gasteiger partial charge in [0.15, 0.2) is 11.6 Å². The molecule has 0 amide bonds. The molecule has 1 aliphatic rings. The number of fused-ring (bicyclic) bond motifs is 2. The predicted octanol–water partition coefficient (Wildman–Crippen LogP) is 5.17. The first-order valence-electron chi connectivity index (χ1n) is 13.0. The first-order chi connectivity index (χ1) is 18.0. The molecule has 37 heavy (non-hydrogen) atoms. The number of pyridine rings is 1. The number of rotatable bonds is 6. The summed E-state index contributed by atoms with van der Waals surface area (Å²) in [6.45, 7) is 9.91. The zero-order valence-corrected chi connectivity index (χ0v) is 21.7. The third-order valence-electron chi connectivity index (χ3n) is 7.13. The SMILES string of the molecule is Cc1nnc2c(NC(C)C)nc(-c3nc4ccc(C5CCOCC5)cc4n3C(C)c3ccccn3)cn12. The number of ether oxygens (including phenoxy) is 1. The zero-order valence-electron chi connectivity index (χ0n) is 21.7. The predicted molar refractivity (Wildman–Crippen MR) is 144 cm³/mol. The Labute approximate surface area is 216 Å². The maximum atomic E-state index is 5.61. The molecule has 190 valence electrons. The highest BCUT2D eigenvalue weighted by Crippen LogP contribution is 2.35. The molecule has 1 aliphatic heterocycles. The number of nitrogens with zero attached hydrogens (tertiary/aromatic N) is 7. The first-order valence-corrected chi connectivity index (χ1v) is 13.0. The van der Waals surface area contributed by atoms with Gasteiger partial charge in [0.2, 0.25) is 5.65 Å². The number of hydrogen-bond donors (Lipinski definition) is 1. The molecule has 0 bridgehead atoms. The number of benzene rings is 1. The summed E-state index contributed by atoms with van der Waals surface area (Å²) >= 11 is 0. The fourth-order valence-corrected chi connectivity index (χ4v) is 5.21. The molecule has 5 aromatic rings. The Hall–Kier alpha value is -3.85. The van der Waals surface area contributed by atoms with Crippen molar-refractivity contribution in [2.24, 2.45) is 0 Å². The molecule has 1 atom stereocenters. The number of aryl methyl sites for hydroxylation is 1. The van der Waals surface area contributed by atoms with Crippen LogP contribution >= 0.6 is 0 Å². The third-order valence-corrected chi connectivity index (χ3v) is 7.13. The van der Waals surface area contributed by atoms with Crippen LogP contribution in [0.4, 0.5) is 5.82 Å². The Morgan fingerprint density at radius 2 is 1.86 bits per heavy atom. The standard InChI is InChI=1S/C28H32N8O/c1-17(2)30-26-28-34-33-19(4)35(28)16-24(31-26)27-32-23-9-8-21(20-10-13-37-14-11-20)15-25(23)36(27)18(3)22-7-5-6-12-29-22/h5-9,12,15-18,20H,10-11,13-14H2,1-4H3,(H,30,31). The largest absolute Gasteiger partial charge is 0.381 e. The van der Waals surface area contributed by atoms with Crippen molar-refractivity contribution in [2.75, 3.05) is 18.5 Å². The van der Waals surface area contributed by atoms with Crippen LogP contribution in [0.1, 0.15) is 62.7 Å². The lowest BCUT2D eigenvalue weighted by molar-refractivity contribution is 0.0853. The van der Waals surface area contributed by atoms with Gasteiger partial charge in [0, 0.05) is 31.6 Å². The van der Waals surface area contributed by atoms with Crippen molar-refractivity contribution in [3.63, 3.8) is 0 Å². The Bertz CT molecular complexity index is 1550. The molecule has 1 saturated heterocycles. The summed E-state index contributed by atoms with van der Waals surface area (Å²) in [5.74, 6) is 2.78. The minimum atomic E-state index is -0.0489. The summed E-state index contributed by atoms with van der Waals surface area (Å²) in [6, 6.07) is 12.8. The van der Waals surface area contributed by atoms with E-state index < -0.39 is 0 Å². The van der Waals surface area contributed by atoms with E-state index in [-0.39, 0.29) is 12.1 Å². The van der Waals surface area contributed by atoms with E-state index in [4.69, 9.17) is 14.7 Å². The summed E-state index contributed by atoms with van der Waals surface area (Å²) in [6.07, 6.45) is 5.90. The minimum absolute atomic E-state index is 0.0489. The molecule has 1 fully saturated rings. The summed E-state index contributed by atoms with van der Waals surface area (Å²) in [5.41, 5.74) is 5.79. The molecule has 4 aromatic heterocycles. The van der Waals surface area contributed by atoms with E-state index in [1.54, 1.807) is 0 Å². The highest BCUT2D eigenvalue weighted by atomic mass is 16.5. The van der Waals surface area contributed by atoms with Gasteiger partial charge in [-0.05, 0) is 76.3 Å². The number of imidazole rings is 1. The van der Waals surface area contributed by atoms with Gasteiger partial charge in [0.1, 0.15) is 11.5 Å². The monoisotopic (exact) mass is 496 g/mol. The van der Waals surface area contributed by atoms with Crippen LogP contribution < -0.4 is 5.32 Å². The van der Waals surface area contributed by atoms with Crippen molar-refractivity contribution in [1.82, 2.24) is 34.1 Å². The number of nitrogens with one attached hydrogen (secondary N) is 1. The molecule has 9 heteroatoms. The zero-order chi connectivity index (χ0) is 25.5. The van der Waals surface area contributed by atoms with Crippen molar-refractivity contribution in [2.45, 2.75) is 58.5 Å². The second-order valence-electron chi connectivity index (χ2n) is 10.1. The summed E-state index contributed by atoms with van der Waals surface area (Å²) in [7, 11) is 0. The van der Waals surface area contributed by atoms with E-state index >= 15 is 0 Å². The molecule has 1 N–H and O–H groups in total. The van der Waals surface area contributed by atoms with Crippen molar-refractivity contribution in [3.8, 4) is 11.5 Å². The van der Waals surface area contributed by atoms with E-state index in [1.807, 2.05) is 35.9 Å². The van der Waals surface area contributed by atoms with Gasteiger partial charge in [-0.1, -0.05) is 12.1 Å². The highest BCUT2D eigenvalue weighted by Gasteiger charge is 2.24. The van der Waals surface area contributed by atoms with Crippen molar-refractivity contribution in [3.05, 3.63) is 65.9 Å². The van der Waals surface area contributed by atoms with Gasteiger partial charge in [0.05, 0.1) is 22.8 Å². The molecule has 9 nitrogen and oxygen atoms in total. The molecule has 0 spiro atoms. The number of aromatic nitrogens is 7. The normalized spacial score (nSPS) is 15.6. The van der Waals surface area contributed by atoms with Crippen LogP contribution in [0.2, 0.25) is 0 Å². The van der Waals surface area contributed by atoms with Crippen LogP contribution in [0.25, 0.3) is 28.2 Å². The fraction of sp³-hybridized carbons (Fsp3) is 0.393. The Kier molecular flexibility index (Phi) is 6.08. The van der Waals surface area contributed by atoms with Gasteiger partial charge < -0.3 is 14.6 Å². The van der Waals surface area contributed by atoms with E-state index in [2.05, 4.69) is 70.1 Å². The van der Waals surface area contributed by atoms with E-state index in [0.717, 1.165) is 60.1 Å². The molecule has 5 heterocycles. The lowest BCUT2D eigenvalue weighted by atomic mass is 9.91. The summed E-state index contributed by atoms with van der Waals surface area (Å²) in [5, 5.41) is 12.1. The van der Waals surface area contributed by atoms with Crippen LogP contribution in [-0.4, -0.2) is 53.4 Å². The maximum Gasteiger partial charge on any atom is 0.203 e. The van der Waals surface area contributed by atoms with Crippen LogP contribution in [-0.2, 0) is 4.74 Å². The molecule has 0 saturated carbocycles. The molecular formula is C28H32N8O. The number of anilines is 1. The van der Waals surface area contributed by atoms with E-state index in [9.17, 15) is 0 Å². The lowest BCUT2D eigenvalue weighted by Crippen LogP contribution is -2.15. The van der Waals surface area contributed by atoms with Gasteiger partial charge in [-0.25, -0.2) is 9.97 Å². The second-order valence-corrected chi connectivity index (χ2v) is 10.1. The van der Waals surface area contributed by atoms with Crippen molar-refractivity contribution < 1.29 is 4.74 Å². The smallest absolute Gasteiger partial charge is 0.203 e. The average molecular weight is 497 g/mol. The molecule has 1 aromatic carbocycles. The summed E-state index contributed by atoms with van der Waals surface area (Å²) in [4.78, 5) is 14.8. The Morgan fingerprint density at radius 3 is 2.62 bits per heavy atom. The second kappa shape index (κ2) is 9.55. The number of hydrogen-bond acceptors (Lipinski definition) is 7. The first kappa shape index (κ1) is 23.5. The van der Waals surface area contributed by atoms with Crippen LogP contribution in [0.3, 0.4) is 0 Å². The van der Waals surface area contributed by atoms with Crippen molar-refractivity contribution >= 4 is 22.5 Å². The third kappa shape index (κ3) is 4.33. The Balaban J connectivity index is 1.58. The molecule has 1 unspecified atom stereocenters. The fourth-order valence-electron chi connectivity index (χ4n) is 5.21. The van der Waals surface area contributed by atoms with Crippen LogP contribution in [0.15, 0.2) is 48.8 Å². The van der Waals surface area contributed by atoms with Gasteiger partial charge in [-0.15, -0.1) is 10.2 Å². The minimum Gasteiger partial charge on any atom is -0.381 e. The highest BCUT2D eigenvalue weighted by molar-refractivity contribution is 5.82.